The van der Waals surface area contributed by atoms with Crippen molar-refractivity contribution in [1.82, 2.24) is 24.0 Å². The van der Waals surface area contributed by atoms with Crippen molar-refractivity contribution in [2.24, 2.45) is 53.3 Å². The van der Waals surface area contributed by atoms with E-state index in [0.29, 0.717) is 108 Å². The van der Waals surface area contributed by atoms with Crippen molar-refractivity contribution < 1.29 is 78.3 Å². The molecule has 20 rings (SSSR count). The first kappa shape index (κ1) is 104. The smallest absolute Gasteiger partial charge is 0.264 e. The molecular weight excluding hydrogens is 1930 g/mol. The van der Waals surface area contributed by atoms with E-state index >= 15 is 0 Å². The largest absolute Gasteiger partial charge is 0.490 e. The van der Waals surface area contributed by atoms with Gasteiger partial charge in [0.2, 0.25) is 30.1 Å². The number of carbonyl (C=O) groups excluding carboxylic acids is 4. The van der Waals surface area contributed by atoms with Crippen molar-refractivity contribution in [3.05, 3.63) is 211 Å². The molecule has 5 fully saturated rings. The summed E-state index contributed by atoms with van der Waals surface area (Å²) < 4.78 is 118. The molecular formula is C112H137Cl3N8O17S3. The average molecular weight is 2070 g/mol. The molecule has 3 spiro atoms. The van der Waals surface area contributed by atoms with E-state index in [2.05, 4.69) is 98.7 Å². The molecule has 3 saturated carbocycles. The molecule has 6 aromatic rings. The highest BCUT2D eigenvalue weighted by Crippen LogP contribution is 2.54. The van der Waals surface area contributed by atoms with Crippen LogP contribution in [0.3, 0.4) is 0 Å². The molecule has 3 amide bonds. The number of anilines is 3. The van der Waals surface area contributed by atoms with Gasteiger partial charge in [-0.1, -0.05) is 116 Å². The van der Waals surface area contributed by atoms with Gasteiger partial charge in [-0.25, -0.2) is 39.4 Å². The first-order valence-corrected chi connectivity index (χ1v) is 57.5. The second kappa shape index (κ2) is 43.4. The highest BCUT2D eigenvalue weighted by Gasteiger charge is 2.53. The zero-order chi connectivity index (χ0) is 101. The van der Waals surface area contributed by atoms with Crippen LogP contribution in [-0.2, 0) is 79.8 Å². The zero-order valence-corrected chi connectivity index (χ0v) is 87.7. The lowest BCUT2D eigenvalue weighted by Crippen LogP contribution is -2.52. The summed E-state index contributed by atoms with van der Waals surface area (Å²) in [6.45, 7) is 23.8. The number of aryl methyl sites for hydroxylation is 3. The monoisotopic (exact) mass is 2070 g/mol. The number of carbonyl (C=O) groups is 4. The number of halogens is 3. The number of hydrogen-bond acceptors (Lipinski definition) is 22. The number of fused-ring (bicyclic) bond motifs is 12. The number of ether oxygens (including phenoxy) is 5. The molecule has 8 heterocycles. The Labute approximate surface area is 859 Å². The minimum atomic E-state index is -4.00. The maximum Gasteiger partial charge on any atom is 0.264 e. The summed E-state index contributed by atoms with van der Waals surface area (Å²) in [5.74, 6) is 12.6. The van der Waals surface area contributed by atoms with Gasteiger partial charge in [-0.05, 0) is 314 Å². The van der Waals surface area contributed by atoms with E-state index in [0.717, 1.165) is 194 Å². The molecule has 0 radical (unpaired) electrons. The third kappa shape index (κ3) is 22.7. The quantitative estimate of drug-likeness (QED) is 0.0809. The van der Waals surface area contributed by atoms with Crippen LogP contribution >= 0.6 is 34.8 Å². The molecule has 766 valence electrons. The zero-order valence-electron chi connectivity index (χ0n) is 83.0. The number of amides is 3. The van der Waals surface area contributed by atoms with E-state index in [1.807, 2.05) is 63.3 Å². The van der Waals surface area contributed by atoms with Gasteiger partial charge in [0.1, 0.15) is 28.5 Å². The lowest BCUT2D eigenvalue weighted by atomic mass is 9.64. The summed E-state index contributed by atoms with van der Waals surface area (Å²) in [5.41, 5.74) is 6.85. The van der Waals surface area contributed by atoms with Crippen LogP contribution in [-0.4, -0.2) is 221 Å². The van der Waals surface area contributed by atoms with Crippen LogP contribution in [0, 0.1) is 76.9 Å². The summed E-state index contributed by atoms with van der Waals surface area (Å²) >= 11 is 19.3. The summed E-state index contributed by atoms with van der Waals surface area (Å²) in [4.78, 5) is 65.2. The standard InChI is InChI=1S/2C40H50ClN3O6S.C32H37ClN2O5S/c2*1-28-7-5-17-40(46,16-3-4-18-43-19-21-49-22-20-43)35-12-9-32(35)25-44-26-39(15-6-8-30-23-33(41)11-13-34(30)39)27-50-37-14-10-31(24-36(37)44)38(45)42-51(47,48)29(28)2;1-20-5-3-7-29(36)26-11-8-24(26)17-35-18-32(14-4-6-22-15-25(33)10-12-27(22)32)19-40-30-13-9-23(16-28(30)35)31(37)34-41(38,39)21(20)2/h2*5,10-11,13-14,17,23-24,28-29,32,35,46H,4,6-9,12,15,18-22,25-27H2,1-2H3,(H,42,45);3,7,9-10,12-13,15-16,20-21,24,26H,4-6,8,11,14,17-19H2,1-2H3,(H,34,37)/b2*17-5+;7-3+/t28-,29+,32-,35+,39-,40+;28-,29+,32-,35+,39-,40-;20-,21+,24-,26+,32-/m000/s1. The Morgan fingerprint density at radius 3 is 1.08 bits per heavy atom. The minimum Gasteiger partial charge on any atom is -0.490 e. The average Bonchev–Trinajstić information content (AvgIpc) is 1.67. The Morgan fingerprint density at radius 1 is 0.420 bits per heavy atom. The second-order valence-corrected chi connectivity index (χ2v) is 50.6. The predicted octanol–water partition coefficient (Wildman–Crippen LogP) is 16.1. The highest BCUT2D eigenvalue weighted by molar-refractivity contribution is 7.91. The fraction of sp³-hybridized carbons (Fsp3) is 0.554. The Kier molecular flexibility index (Phi) is 31.6. The number of rotatable bonds is 4. The molecule has 0 aromatic heterocycles. The Morgan fingerprint density at radius 2 is 0.755 bits per heavy atom. The molecule has 5 N–H and O–H groups in total. The predicted molar refractivity (Wildman–Crippen MR) is 560 cm³/mol. The van der Waals surface area contributed by atoms with Crippen molar-refractivity contribution in [3.8, 4) is 40.9 Å². The van der Waals surface area contributed by atoms with Gasteiger partial charge in [0, 0.05) is 157 Å². The van der Waals surface area contributed by atoms with Crippen molar-refractivity contribution in [1.29, 1.82) is 0 Å². The molecule has 6 aliphatic carbocycles. The van der Waals surface area contributed by atoms with Gasteiger partial charge in [-0.2, -0.15) is 0 Å². The van der Waals surface area contributed by atoms with Crippen LogP contribution in [0.2, 0.25) is 15.1 Å². The maximum atomic E-state index is 13.5. The third-order valence-corrected chi connectivity index (χ3v) is 40.5. The lowest BCUT2D eigenvalue weighted by molar-refractivity contribution is -0.122. The Bertz CT molecular complexity index is 6120. The number of morpholine rings is 2. The van der Waals surface area contributed by atoms with Crippen LogP contribution in [0.1, 0.15) is 215 Å². The molecule has 31 heteroatoms. The normalized spacial score (nSPS) is 32.6. The third-order valence-electron chi connectivity index (χ3n) is 34.0. The summed E-state index contributed by atoms with van der Waals surface area (Å²) in [6, 6.07) is 34.0. The van der Waals surface area contributed by atoms with Gasteiger partial charge in [0.05, 0.1) is 79.1 Å². The van der Waals surface area contributed by atoms with E-state index in [1.54, 1.807) is 87.5 Å². The van der Waals surface area contributed by atoms with Gasteiger partial charge >= 0.3 is 0 Å². The van der Waals surface area contributed by atoms with Crippen molar-refractivity contribution in [3.63, 3.8) is 0 Å². The van der Waals surface area contributed by atoms with Gasteiger partial charge in [-0.15, -0.1) is 0 Å². The maximum absolute atomic E-state index is 13.5. The number of sulfonamides is 3. The molecule has 2 saturated heterocycles. The van der Waals surface area contributed by atoms with Crippen LogP contribution in [0.15, 0.2) is 146 Å². The first-order chi connectivity index (χ1) is 68.5. The van der Waals surface area contributed by atoms with E-state index in [4.69, 9.17) is 58.5 Å². The van der Waals surface area contributed by atoms with E-state index in [-0.39, 0.29) is 92.0 Å². The molecule has 17 atom stereocenters. The minimum absolute atomic E-state index is 0.0666. The molecule has 25 nitrogen and oxygen atoms in total. The van der Waals surface area contributed by atoms with Gasteiger partial charge in [-0.3, -0.25) is 29.0 Å². The Balaban J connectivity index is 0.000000142. The fourth-order valence-corrected chi connectivity index (χ4v) is 28.7. The summed E-state index contributed by atoms with van der Waals surface area (Å²) in [5, 5.41) is 24.5. The van der Waals surface area contributed by atoms with Crippen molar-refractivity contribution in [2.75, 3.05) is 139 Å². The van der Waals surface area contributed by atoms with E-state index in [9.17, 15) is 54.6 Å². The number of hydrogen-bond donors (Lipinski definition) is 5. The highest BCUT2D eigenvalue weighted by atomic mass is 35.5. The molecule has 14 aliphatic rings. The van der Waals surface area contributed by atoms with Crippen LogP contribution in [0.4, 0.5) is 17.1 Å². The number of allylic oxidation sites excluding steroid dienone is 4. The van der Waals surface area contributed by atoms with E-state index in [1.165, 1.54) is 33.4 Å². The van der Waals surface area contributed by atoms with Crippen molar-refractivity contribution in [2.45, 2.75) is 213 Å². The number of nitrogens with zero attached hydrogens (tertiary/aromatic N) is 5. The van der Waals surface area contributed by atoms with Crippen LogP contribution < -0.4 is 43.1 Å². The van der Waals surface area contributed by atoms with E-state index < -0.39 is 74.7 Å². The number of ketones is 1. The van der Waals surface area contributed by atoms with Gasteiger partial charge in [0.25, 0.3) is 17.7 Å². The number of benzene rings is 6. The summed E-state index contributed by atoms with van der Waals surface area (Å²) in [6.07, 6.45) is 27.4. The molecule has 6 bridgehead atoms. The molecule has 6 aromatic carbocycles. The SMILES string of the molecule is C[C@@H]1[C@@H](C)C/C=C/C(=O)[C@@H]2CC[C@H]2CN2C[C@@]3(CCCc4cc(Cl)ccc43)COc3ccc(cc32)C(=O)NS1(=O)=O.C[C@@H]1[C@@H](C)C/C=C/[C@@](O)(C#CCCN2CCOCC2)[C@@H]2CC[C@H]2CN2C[C@@]3(CCCc4cc(Cl)ccc43)COc3ccc(cc32)C(=O)NS1(=O)=O.C[C@@H]1[C@@H](C)C/C=C/[C@](O)(C#CCCN2CCOCC2)[C@@H]2CC[C@H]2CN2C[C@@]3(CCCc4cc(Cl)ccc43)COc3ccc(cc32)C(=O)NS1(=O)=O. The van der Waals surface area contributed by atoms with Crippen LogP contribution in [0.25, 0.3) is 0 Å². The molecule has 8 aliphatic heterocycles. The molecule has 0 unspecified atom stereocenters. The number of aliphatic hydroxyl groups is 2. The second-order valence-electron chi connectivity index (χ2n) is 43.1. The van der Waals surface area contributed by atoms with Gasteiger partial charge in [0.15, 0.2) is 5.78 Å². The van der Waals surface area contributed by atoms with Crippen molar-refractivity contribution >= 4 is 105 Å². The van der Waals surface area contributed by atoms with Gasteiger partial charge < -0.3 is 48.6 Å². The molecule has 143 heavy (non-hydrogen) atoms. The topological polar surface area (TPSA) is 310 Å². The Hall–Kier alpha value is -8.98. The number of nitrogens with one attached hydrogen (secondary N) is 3. The van der Waals surface area contributed by atoms with Crippen LogP contribution in [0.5, 0.6) is 17.2 Å². The summed E-state index contributed by atoms with van der Waals surface area (Å²) in [7, 11) is -11.9. The fourth-order valence-electron chi connectivity index (χ4n) is 24.3. The first-order valence-electron chi connectivity index (χ1n) is 51.7. The lowest BCUT2D eigenvalue weighted by Gasteiger charge is -2.47.